The van der Waals surface area contributed by atoms with E-state index in [1.807, 2.05) is 0 Å². The summed E-state index contributed by atoms with van der Waals surface area (Å²) in [5, 5.41) is 3.75. The molecule has 1 aromatic rings. The van der Waals surface area contributed by atoms with Crippen LogP contribution >= 0.6 is 0 Å². The summed E-state index contributed by atoms with van der Waals surface area (Å²) in [6, 6.07) is 9.69. The maximum Gasteiger partial charge on any atom is 0.0237 e. The van der Waals surface area contributed by atoms with Gasteiger partial charge >= 0.3 is 0 Å². The van der Waals surface area contributed by atoms with Crippen LogP contribution < -0.4 is 5.32 Å². The van der Waals surface area contributed by atoms with Gasteiger partial charge in [0, 0.05) is 19.1 Å². The second-order valence-electron chi connectivity index (χ2n) is 6.11. The fraction of sp³-hybridized carbons (Fsp3) is 0.647. The zero-order chi connectivity index (χ0) is 13.1. The van der Waals surface area contributed by atoms with Crippen LogP contribution in [0.15, 0.2) is 24.3 Å². The summed E-state index contributed by atoms with van der Waals surface area (Å²) in [6.45, 7) is 7.08. The van der Waals surface area contributed by atoms with Crippen molar-refractivity contribution in [2.24, 2.45) is 5.92 Å². The predicted molar refractivity (Wildman–Crippen MR) is 80.2 cm³/mol. The van der Waals surface area contributed by atoms with Crippen molar-refractivity contribution in [2.45, 2.75) is 45.2 Å². The van der Waals surface area contributed by atoms with Crippen LogP contribution in [0.2, 0.25) is 0 Å². The van der Waals surface area contributed by atoms with Crippen LogP contribution in [0.3, 0.4) is 0 Å². The Kier molecular flexibility index (Phi) is 4.19. The summed E-state index contributed by atoms with van der Waals surface area (Å²) >= 11 is 0. The first-order valence-electron chi connectivity index (χ1n) is 7.89. The molecule has 1 atom stereocenters. The minimum absolute atomic E-state index is 0.747. The molecule has 0 spiro atoms. The maximum absolute atomic E-state index is 3.75. The quantitative estimate of drug-likeness (QED) is 0.893. The van der Waals surface area contributed by atoms with Gasteiger partial charge in [0.25, 0.3) is 0 Å². The minimum atomic E-state index is 0.747. The predicted octanol–water partition coefficient (Wildman–Crippen LogP) is 2.82. The van der Waals surface area contributed by atoms with E-state index in [1.165, 1.54) is 50.0 Å². The Labute approximate surface area is 117 Å². The van der Waals surface area contributed by atoms with Crippen molar-refractivity contribution in [3.63, 3.8) is 0 Å². The molecule has 0 radical (unpaired) electrons. The number of nitrogens with zero attached hydrogens (tertiary/aromatic N) is 1. The van der Waals surface area contributed by atoms with Gasteiger partial charge in [-0.05, 0) is 55.8 Å². The van der Waals surface area contributed by atoms with Crippen molar-refractivity contribution in [3.8, 4) is 0 Å². The highest BCUT2D eigenvalue weighted by atomic mass is 15.2. The second-order valence-corrected chi connectivity index (χ2v) is 6.11. The van der Waals surface area contributed by atoms with Gasteiger partial charge in [-0.1, -0.05) is 31.2 Å². The van der Waals surface area contributed by atoms with E-state index in [0.717, 1.165) is 24.9 Å². The zero-order valence-corrected chi connectivity index (χ0v) is 12.1. The molecule has 104 valence electrons. The molecule has 3 rings (SSSR count). The van der Waals surface area contributed by atoms with Crippen LogP contribution in [0.1, 0.15) is 37.3 Å². The average Bonchev–Trinajstić information content (AvgIpc) is 3.26. The molecular weight excluding hydrogens is 232 g/mol. The maximum atomic E-state index is 3.75. The monoisotopic (exact) mass is 258 g/mol. The van der Waals surface area contributed by atoms with Crippen molar-refractivity contribution in [1.29, 1.82) is 0 Å². The van der Waals surface area contributed by atoms with Gasteiger partial charge in [0.1, 0.15) is 0 Å². The molecule has 2 heteroatoms. The van der Waals surface area contributed by atoms with Gasteiger partial charge in [-0.2, -0.15) is 0 Å². The highest BCUT2D eigenvalue weighted by Gasteiger charge is 2.33. The first-order chi connectivity index (χ1) is 9.36. The lowest BCUT2D eigenvalue weighted by atomic mass is 10.0. The Hall–Kier alpha value is -0.860. The van der Waals surface area contributed by atoms with Gasteiger partial charge in [0.2, 0.25) is 0 Å². The lowest BCUT2D eigenvalue weighted by Crippen LogP contribution is -2.39. The Morgan fingerprint density at radius 2 is 2.00 bits per heavy atom. The molecule has 1 aliphatic carbocycles. The highest BCUT2D eigenvalue weighted by Crippen LogP contribution is 2.33. The third-order valence-corrected chi connectivity index (χ3v) is 4.60. The number of rotatable bonds is 4. The molecular formula is C17H26N2. The summed E-state index contributed by atoms with van der Waals surface area (Å²) in [5.41, 5.74) is 3.05. The first kappa shape index (κ1) is 13.1. The summed E-state index contributed by atoms with van der Waals surface area (Å²) in [4.78, 5) is 2.66. The number of hydrogen-bond acceptors (Lipinski definition) is 2. The molecule has 0 aromatic heterocycles. The molecule has 2 aliphatic rings. The molecule has 1 N–H and O–H groups in total. The van der Waals surface area contributed by atoms with Crippen LogP contribution in [0.5, 0.6) is 0 Å². The zero-order valence-electron chi connectivity index (χ0n) is 12.1. The molecule has 0 bridgehead atoms. The van der Waals surface area contributed by atoms with E-state index in [1.54, 1.807) is 0 Å². The lowest BCUT2D eigenvalue weighted by Gasteiger charge is -2.25. The van der Waals surface area contributed by atoms with E-state index in [0.29, 0.717) is 0 Å². The molecule has 0 amide bonds. The van der Waals surface area contributed by atoms with E-state index >= 15 is 0 Å². The van der Waals surface area contributed by atoms with Crippen molar-refractivity contribution in [2.75, 3.05) is 19.6 Å². The SMILES string of the molecule is CCc1ccccc1CN1CCCNC(C2CC2)C1. The van der Waals surface area contributed by atoms with Crippen molar-refractivity contribution >= 4 is 0 Å². The van der Waals surface area contributed by atoms with E-state index in [2.05, 4.69) is 41.4 Å². The van der Waals surface area contributed by atoms with Gasteiger partial charge in [0.15, 0.2) is 0 Å². The van der Waals surface area contributed by atoms with Crippen molar-refractivity contribution in [3.05, 3.63) is 35.4 Å². The number of nitrogens with one attached hydrogen (secondary N) is 1. The molecule has 1 heterocycles. The Morgan fingerprint density at radius 3 is 2.74 bits per heavy atom. The third kappa shape index (κ3) is 3.37. The molecule has 2 nitrogen and oxygen atoms in total. The van der Waals surface area contributed by atoms with Crippen LogP contribution in [0.25, 0.3) is 0 Å². The van der Waals surface area contributed by atoms with Gasteiger partial charge < -0.3 is 5.32 Å². The lowest BCUT2D eigenvalue weighted by molar-refractivity contribution is 0.250. The molecule has 2 fully saturated rings. The second kappa shape index (κ2) is 6.06. The minimum Gasteiger partial charge on any atom is -0.312 e. The number of hydrogen-bond donors (Lipinski definition) is 1. The summed E-state index contributed by atoms with van der Waals surface area (Å²) in [5.74, 6) is 0.960. The topological polar surface area (TPSA) is 15.3 Å². The normalized spacial score (nSPS) is 25.2. The number of aryl methyl sites for hydroxylation is 1. The fourth-order valence-corrected chi connectivity index (χ4v) is 3.28. The number of benzene rings is 1. The van der Waals surface area contributed by atoms with E-state index < -0.39 is 0 Å². The largest absolute Gasteiger partial charge is 0.312 e. The van der Waals surface area contributed by atoms with Crippen LogP contribution in [-0.2, 0) is 13.0 Å². The Bertz CT molecular complexity index is 411. The van der Waals surface area contributed by atoms with Crippen LogP contribution in [-0.4, -0.2) is 30.6 Å². The Balaban J connectivity index is 1.66. The molecule has 1 unspecified atom stereocenters. The highest BCUT2D eigenvalue weighted by molar-refractivity contribution is 5.27. The van der Waals surface area contributed by atoms with Gasteiger partial charge in [-0.3, -0.25) is 4.90 Å². The first-order valence-corrected chi connectivity index (χ1v) is 7.89. The molecule has 19 heavy (non-hydrogen) atoms. The van der Waals surface area contributed by atoms with E-state index in [4.69, 9.17) is 0 Å². The Morgan fingerprint density at radius 1 is 1.21 bits per heavy atom. The van der Waals surface area contributed by atoms with Gasteiger partial charge in [0.05, 0.1) is 0 Å². The summed E-state index contributed by atoms with van der Waals surface area (Å²) in [6.07, 6.45) is 5.32. The molecule has 1 aromatic carbocycles. The molecule has 1 saturated carbocycles. The third-order valence-electron chi connectivity index (χ3n) is 4.60. The molecule has 1 saturated heterocycles. The van der Waals surface area contributed by atoms with Crippen LogP contribution in [0, 0.1) is 5.92 Å². The fourth-order valence-electron chi connectivity index (χ4n) is 3.28. The van der Waals surface area contributed by atoms with Crippen molar-refractivity contribution < 1.29 is 0 Å². The van der Waals surface area contributed by atoms with Gasteiger partial charge in [-0.15, -0.1) is 0 Å². The summed E-state index contributed by atoms with van der Waals surface area (Å²) < 4.78 is 0. The smallest absolute Gasteiger partial charge is 0.0237 e. The van der Waals surface area contributed by atoms with Crippen molar-refractivity contribution in [1.82, 2.24) is 10.2 Å². The van der Waals surface area contributed by atoms with Crippen LogP contribution in [0.4, 0.5) is 0 Å². The van der Waals surface area contributed by atoms with Gasteiger partial charge in [-0.25, -0.2) is 0 Å². The standard InChI is InChI=1S/C17H26N2/c1-2-14-6-3-4-7-16(14)12-19-11-5-10-18-17(13-19)15-8-9-15/h3-4,6-7,15,17-18H,2,5,8-13H2,1H3. The van der Waals surface area contributed by atoms with E-state index in [-0.39, 0.29) is 0 Å². The molecule has 1 aliphatic heterocycles. The average molecular weight is 258 g/mol. The van der Waals surface area contributed by atoms with E-state index in [9.17, 15) is 0 Å². The summed E-state index contributed by atoms with van der Waals surface area (Å²) in [7, 11) is 0.